The van der Waals surface area contributed by atoms with E-state index in [0.717, 1.165) is 39.9 Å². The Bertz CT molecular complexity index is 1340. The van der Waals surface area contributed by atoms with Crippen LogP contribution in [0, 0.1) is 0 Å². The van der Waals surface area contributed by atoms with Gasteiger partial charge < -0.3 is 14.5 Å². The highest BCUT2D eigenvalue weighted by Gasteiger charge is 2.35. The van der Waals surface area contributed by atoms with Crippen LogP contribution in [0.5, 0.6) is 11.5 Å². The number of ether oxygens (including phenoxy) is 2. The lowest BCUT2D eigenvalue weighted by Gasteiger charge is -2.35. The Balaban J connectivity index is 1.51. The first kappa shape index (κ1) is 23.9. The lowest BCUT2D eigenvalue weighted by Crippen LogP contribution is -2.42. The zero-order valence-electron chi connectivity index (χ0n) is 18.8. The number of hydrogen-bond acceptors (Lipinski definition) is 3. The molecule has 0 saturated heterocycles. The lowest BCUT2D eigenvalue weighted by molar-refractivity contribution is 0.135. The van der Waals surface area contributed by atoms with Crippen molar-refractivity contribution in [3.63, 3.8) is 0 Å². The highest BCUT2D eigenvalue weighted by Crippen LogP contribution is 2.40. The minimum absolute atomic E-state index is 0.360. The second-order valence-corrected chi connectivity index (χ2v) is 9.59. The maximum atomic E-state index is 13.4. The fraction of sp³-hybridized carbons (Fsp3) is 0.222. The third-order valence-corrected chi connectivity index (χ3v) is 6.84. The molecule has 0 saturated carbocycles. The van der Waals surface area contributed by atoms with Gasteiger partial charge in [-0.25, -0.2) is 4.79 Å². The molecule has 0 spiro atoms. The average Bonchev–Trinajstić information content (AvgIpc) is 3.23. The molecule has 1 amide bonds. The van der Waals surface area contributed by atoms with Crippen LogP contribution in [0.15, 0.2) is 66.7 Å². The van der Waals surface area contributed by atoms with Gasteiger partial charge in [0.2, 0.25) is 0 Å². The first-order valence-electron chi connectivity index (χ1n) is 11.4. The number of carbonyl (C=O) groups is 1. The molecule has 1 aromatic heterocycles. The standard InChI is InChI=1S/C27H23Cl3N2O3/c28-13-1-15-34-20-7-2-17(3-8-20)26-25-22(23-16-19(30)6-11-24(23)31-25)12-14-32(26)27(33)35-21-9-4-18(29)5-10-21/h2-11,16,26,31H,1,12-15H2/t26-/m1/s1. The molecule has 2 heterocycles. The third-order valence-electron chi connectivity index (χ3n) is 6.08. The summed E-state index contributed by atoms with van der Waals surface area (Å²) in [5, 5.41) is 2.33. The van der Waals surface area contributed by atoms with Crippen LogP contribution in [0.2, 0.25) is 10.0 Å². The van der Waals surface area contributed by atoms with Crippen LogP contribution in [0.3, 0.4) is 0 Å². The van der Waals surface area contributed by atoms with Gasteiger partial charge in [-0.1, -0.05) is 35.3 Å². The summed E-state index contributed by atoms with van der Waals surface area (Å²) < 4.78 is 11.5. The number of aromatic amines is 1. The van der Waals surface area contributed by atoms with E-state index in [1.165, 1.54) is 0 Å². The number of halogens is 3. The van der Waals surface area contributed by atoms with Crippen LogP contribution in [0.4, 0.5) is 4.79 Å². The van der Waals surface area contributed by atoms with Gasteiger partial charge in [0.1, 0.15) is 17.5 Å². The largest absolute Gasteiger partial charge is 0.494 e. The molecule has 0 radical (unpaired) electrons. The molecule has 180 valence electrons. The van der Waals surface area contributed by atoms with Crippen molar-refractivity contribution in [3.05, 3.63) is 93.6 Å². The molecule has 0 fully saturated rings. The summed E-state index contributed by atoms with van der Waals surface area (Å²) in [6.07, 6.45) is 1.03. The molecule has 0 aliphatic carbocycles. The second kappa shape index (κ2) is 10.4. The quantitative estimate of drug-likeness (QED) is 0.206. The van der Waals surface area contributed by atoms with Crippen LogP contribution in [0.25, 0.3) is 10.9 Å². The fourth-order valence-corrected chi connectivity index (χ4v) is 4.86. The molecule has 1 atom stereocenters. The molecular weight excluding hydrogens is 507 g/mol. The van der Waals surface area contributed by atoms with Gasteiger partial charge in [-0.05, 0) is 78.6 Å². The highest BCUT2D eigenvalue weighted by atomic mass is 35.5. The SMILES string of the molecule is O=C(Oc1ccc(Cl)cc1)N1CCc2c([nH]c3ccc(Cl)cc23)[C@H]1c1ccc(OCCCCl)cc1. The zero-order valence-corrected chi connectivity index (χ0v) is 21.0. The van der Waals surface area contributed by atoms with Crippen molar-refractivity contribution in [3.8, 4) is 11.5 Å². The molecule has 8 heteroatoms. The van der Waals surface area contributed by atoms with E-state index >= 15 is 0 Å². The number of alkyl halides is 1. The van der Waals surface area contributed by atoms with Gasteiger partial charge in [0.15, 0.2) is 0 Å². The van der Waals surface area contributed by atoms with Gasteiger partial charge in [0.05, 0.1) is 6.61 Å². The Morgan fingerprint density at radius 2 is 1.69 bits per heavy atom. The Kier molecular flexibility index (Phi) is 7.09. The Labute approximate surface area is 218 Å². The van der Waals surface area contributed by atoms with Gasteiger partial charge in [-0.3, -0.25) is 4.90 Å². The summed E-state index contributed by atoms with van der Waals surface area (Å²) in [4.78, 5) is 18.6. The normalized spacial score (nSPS) is 15.2. The van der Waals surface area contributed by atoms with E-state index in [2.05, 4.69) is 4.98 Å². The summed E-state index contributed by atoms with van der Waals surface area (Å²) in [5.74, 6) is 1.75. The van der Waals surface area contributed by atoms with E-state index in [4.69, 9.17) is 44.3 Å². The van der Waals surface area contributed by atoms with Crippen LogP contribution >= 0.6 is 34.8 Å². The van der Waals surface area contributed by atoms with E-state index in [1.807, 2.05) is 42.5 Å². The Morgan fingerprint density at radius 1 is 0.971 bits per heavy atom. The number of hydrogen-bond donors (Lipinski definition) is 1. The van der Waals surface area contributed by atoms with Crippen molar-refractivity contribution in [1.29, 1.82) is 0 Å². The second-order valence-electron chi connectivity index (χ2n) is 8.33. The summed E-state index contributed by atoms with van der Waals surface area (Å²) in [6, 6.07) is 20.0. The Morgan fingerprint density at radius 3 is 2.43 bits per heavy atom. The smallest absolute Gasteiger partial charge is 0.416 e. The van der Waals surface area contributed by atoms with Gasteiger partial charge in [0, 0.05) is 39.1 Å². The number of amides is 1. The van der Waals surface area contributed by atoms with E-state index in [0.29, 0.717) is 41.2 Å². The number of nitrogens with one attached hydrogen (secondary N) is 1. The van der Waals surface area contributed by atoms with E-state index in [9.17, 15) is 4.79 Å². The molecule has 1 aliphatic heterocycles. The molecule has 1 aliphatic rings. The van der Waals surface area contributed by atoms with Crippen molar-refractivity contribution < 1.29 is 14.3 Å². The number of rotatable bonds is 6. The molecule has 35 heavy (non-hydrogen) atoms. The minimum atomic E-state index is -0.429. The van der Waals surface area contributed by atoms with Crippen molar-refractivity contribution >= 4 is 51.8 Å². The van der Waals surface area contributed by atoms with Crippen molar-refractivity contribution in [1.82, 2.24) is 9.88 Å². The molecule has 4 aromatic rings. The number of fused-ring (bicyclic) bond motifs is 3. The Hall–Kier alpha value is -2.86. The summed E-state index contributed by atoms with van der Waals surface area (Å²) >= 11 is 18.0. The van der Waals surface area contributed by atoms with Gasteiger partial charge in [-0.2, -0.15) is 0 Å². The first-order chi connectivity index (χ1) is 17.0. The average molecular weight is 530 g/mol. The van der Waals surface area contributed by atoms with E-state index < -0.39 is 6.09 Å². The summed E-state index contributed by atoms with van der Waals surface area (Å²) in [5.41, 5.74) is 4.04. The predicted octanol–water partition coefficient (Wildman–Crippen LogP) is 7.63. The number of aromatic nitrogens is 1. The van der Waals surface area contributed by atoms with Crippen LogP contribution < -0.4 is 9.47 Å². The third kappa shape index (κ3) is 5.08. The molecular formula is C27H23Cl3N2O3. The minimum Gasteiger partial charge on any atom is -0.494 e. The maximum Gasteiger partial charge on any atom is 0.416 e. The molecule has 1 N–H and O–H groups in total. The molecule has 0 unspecified atom stereocenters. The van der Waals surface area contributed by atoms with Crippen LogP contribution in [-0.2, 0) is 6.42 Å². The van der Waals surface area contributed by atoms with E-state index in [1.54, 1.807) is 29.2 Å². The number of benzene rings is 3. The lowest BCUT2D eigenvalue weighted by atomic mass is 9.92. The van der Waals surface area contributed by atoms with Crippen molar-refractivity contribution in [2.45, 2.75) is 18.9 Å². The summed E-state index contributed by atoms with van der Waals surface area (Å²) in [7, 11) is 0. The fourth-order valence-electron chi connectivity index (χ4n) is 4.46. The summed E-state index contributed by atoms with van der Waals surface area (Å²) in [6.45, 7) is 1.05. The predicted molar refractivity (Wildman–Crippen MR) is 140 cm³/mol. The van der Waals surface area contributed by atoms with Gasteiger partial charge in [0.25, 0.3) is 0 Å². The number of nitrogens with zero attached hydrogens (tertiary/aromatic N) is 1. The zero-order chi connectivity index (χ0) is 24.4. The molecule has 3 aromatic carbocycles. The van der Waals surface area contributed by atoms with Crippen molar-refractivity contribution in [2.75, 3.05) is 19.0 Å². The molecule has 0 bridgehead atoms. The topological polar surface area (TPSA) is 54.6 Å². The monoisotopic (exact) mass is 528 g/mol. The van der Waals surface area contributed by atoms with E-state index in [-0.39, 0.29) is 6.04 Å². The van der Waals surface area contributed by atoms with Gasteiger partial charge in [-0.15, -0.1) is 11.6 Å². The van der Waals surface area contributed by atoms with Crippen molar-refractivity contribution in [2.24, 2.45) is 0 Å². The van der Waals surface area contributed by atoms with Crippen LogP contribution in [-0.4, -0.2) is 35.0 Å². The first-order valence-corrected chi connectivity index (χ1v) is 12.7. The molecule has 5 nitrogen and oxygen atoms in total. The van der Waals surface area contributed by atoms with Gasteiger partial charge >= 0.3 is 6.09 Å². The van der Waals surface area contributed by atoms with Crippen LogP contribution in [0.1, 0.15) is 29.3 Å². The number of H-pyrrole nitrogens is 1. The number of carbonyl (C=O) groups excluding carboxylic acids is 1. The highest BCUT2D eigenvalue weighted by molar-refractivity contribution is 6.31. The molecule has 5 rings (SSSR count). The maximum absolute atomic E-state index is 13.4.